The largest absolute Gasteiger partial charge is 0.399 e. The fourth-order valence-electron chi connectivity index (χ4n) is 1.40. The Bertz CT molecular complexity index is 353. The molecule has 0 aliphatic heterocycles. The van der Waals surface area contributed by atoms with Crippen LogP contribution in [0.5, 0.6) is 0 Å². The minimum Gasteiger partial charge on any atom is -0.399 e. The van der Waals surface area contributed by atoms with Crippen LogP contribution in [0, 0.1) is 11.3 Å². The molecule has 5 N–H and O–H groups in total. The molecule has 0 unspecified atom stereocenters. The summed E-state index contributed by atoms with van der Waals surface area (Å²) in [5.74, 6) is 0.420. The molecule has 0 saturated heterocycles. The van der Waals surface area contributed by atoms with Gasteiger partial charge < -0.3 is 16.9 Å². The monoisotopic (exact) mass is 175 g/mol. The maximum absolute atomic E-state index is 7.85. The lowest BCUT2D eigenvalue weighted by Gasteiger charge is -2.06. The van der Waals surface area contributed by atoms with Gasteiger partial charge in [-0.25, -0.2) is 0 Å². The standard InChI is InChI=1S/C10H13N3/c11-7-3-4-9(12)8(5-7)10(13)6-1-2-6/h3-6,13H,1-2,11-12H2. The SMILES string of the molecule is N=C(c1cc(N)ccc1N)C1CC1. The molecule has 0 spiro atoms. The molecule has 2 rings (SSSR count). The number of hydrogen-bond acceptors (Lipinski definition) is 3. The van der Waals surface area contributed by atoms with Crippen LogP contribution in [0.1, 0.15) is 18.4 Å². The summed E-state index contributed by atoms with van der Waals surface area (Å²) in [5, 5.41) is 7.85. The number of rotatable bonds is 2. The van der Waals surface area contributed by atoms with Crippen LogP contribution in [0.15, 0.2) is 18.2 Å². The number of nitrogen functional groups attached to an aromatic ring is 2. The van der Waals surface area contributed by atoms with E-state index in [9.17, 15) is 0 Å². The molecule has 0 atom stereocenters. The van der Waals surface area contributed by atoms with Crippen LogP contribution in [0.3, 0.4) is 0 Å². The second kappa shape index (κ2) is 2.76. The first-order valence-electron chi connectivity index (χ1n) is 4.42. The van der Waals surface area contributed by atoms with Gasteiger partial charge in [0.15, 0.2) is 0 Å². The number of anilines is 2. The van der Waals surface area contributed by atoms with Crippen molar-refractivity contribution >= 4 is 17.1 Å². The molecule has 3 heteroatoms. The predicted molar refractivity (Wildman–Crippen MR) is 54.8 cm³/mol. The first kappa shape index (κ1) is 8.10. The Hall–Kier alpha value is -1.51. The van der Waals surface area contributed by atoms with Crippen molar-refractivity contribution < 1.29 is 0 Å². The van der Waals surface area contributed by atoms with Crippen LogP contribution >= 0.6 is 0 Å². The summed E-state index contributed by atoms with van der Waals surface area (Å²) in [7, 11) is 0. The Morgan fingerprint density at radius 2 is 2.00 bits per heavy atom. The van der Waals surface area contributed by atoms with Crippen molar-refractivity contribution in [3.63, 3.8) is 0 Å². The van der Waals surface area contributed by atoms with Crippen LogP contribution in [0.25, 0.3) is 0 Å². The number of hydrogen-bond donors (Lipinski definition) is 3. The van der Waals surface area contributed by atoms with Crippen LogP contribution in [-0.2, 0) is 0 Å². The Labute approximate surface area is 77.3 Å². The van der Waals surface area contributed by atoms with E-state index in [0.29, 0.717) is 23.0 Å². The van der Waals surface area contributed by atoms with Gasteiger partial charge in [0.05, 0.1) is 0 Å². The van der Waals surface area contributed by atoms with Crippen molar-refractivity contribution in [2.45, 2.75) is 12.8 Å². The molecule has 68 valence electrons. The Morgan fingerprint density at radius 1 is 1.31 bits per heavy atom. The highest BCUT2D eigenvalue weighted by Crippen LogP contribution is 2.34. The highest BCUT2D eigenvalue weighted by atomic mass is 14.6. The molecule has 1 aromatic carbocycles. The Morgan fingerprint density at radius 3 is 2.62 bits per heavy atom. The average molecular weight is 175 g/mol. The molecule has 1 fully saturated rings. The smallest absolute Gasteiger partial charge is 0.0438 e. The van der Waals surface area contributed by atoms with Crippen LogP contribution in [0.4, 0.5) is 11.4 Å². The van der Waals surface area contributed by atoms with E-state index in [1.807, 2.05) is 0 Å². The maximum Gasteiger partial charge on any atom is 0.0438 e. The molecule has 13 heavy (non-hydrogen) atoms. The summed E-state index contributed by atoms with van der Waals surface area (Å²) in [5.41, 5.74) is 14.2. The molecule has 1 saturated carbocycles. The second-order valence-corrected chi connectivity index (χ2v) is 3.53. The first-order chi connectivity index (χ1) is 6.18. The van der Waals surface area contributed by atoms with Gasteiger partial charge in [-0.15, -0.1) is 0 Å². The summed E-state index contributed by atoms with van der Waals surface area (Å²) in [6, 6.07) is 5.32. The van der Waals surface area contributed by atoms with Crippen molar-refractivity contribution in [2.75, 3.05) is 11.5 Å². The minimum absolute atomic E-state index is 0.420. The molecular weight excluding hydrogens is 162 g/mol. The van der Waals surface area contributed by atoms with E-state index in [1.54, 1.807) is 18.2 Å². The van der Waals surface area contributed by atoms with Crippen molar-refractivity contribution in [1.82, 2.24) is 0 Å². The predicted octanol–water partition coefficient (Wildman–Crippen LogP) is 1.63. The highest BCUT2D eigenvalue weighted by molar-refractivity contribution is 6.05. The molecule has 3 nitrogen and oxygen atoms in total. The first-order valence-corrected chi connectivity index (χ1v) is 4.42. The number of nitrogens with two attached hydrogens (primary N) is 2. The molecule has 0 bridgehead atoms. The summed E-state index contributed by atoms with van der Waals surface area (Å²) in [6.07, 6.45) is 2.24. The van der Waals surface area contributed by atoms with Gasteiger partial charge in [0.25, 0.3) is 0 Å². The molecule has 0 aromatic heterocycles. The fourth-order valence-corrected chi connectivity index (χ4v) is 1.40. The molecular formula is C10H13N3. The molecule has 0 amide bonds. The van der Waals surface area contributed by atoms with Crippen molar-refractivity contribution in [3.8, 4) is 0 Å². The van der Waals surface area contributed by atoms with Gasteiger partial charge in [-0.3, -0.25) is 0 Å². The molecule has 1 aliphatic rings. The van der Waals surface area contributed by atoms with Gasteiger partial charge in [0.1, 0.15) is 0 Å². The van der Waals surface area contributed by atoms with E-state index >= 15 is 0 Å². The maximum atomic E-state index is 7.85. The molecule has 1 aliphatic carbocycles. The van der Waals surface area contributed by atoms with E-state index in [2.05, 4.69) is 0 Å². The van der Waals surface area contributed by atoms with Gasteiger partial charge in [-0.1, -0.05) is 0 Å². The molecule has 1 aromatic rings. The van der Waals surface area contributed by atoms with Gasteiger partial charge in [-0.2, -0.15) is 0 Å². The second-order valence-electron chi connectivity index (χ2n) is 3.53. The van der Waals surface area contributed by atoms with Gasteiger partial charge in [-0.05, 0) is 31.0 Å². The third-order valence-corrected chi connectivity index (χ3v) is 2.35. The number of benzene rings is 1. The van der Waals surface area contributed by atoms with Crippen molar-refractivity contribution in [2.24, 2.45) is 5.92 Å². The zero-order chi connectivity index (χ0) is 9.42. The van der Waals surface area contributed by atoms with Gasteiger partial charge in [0, 0.05) is 28.6 Å². The van der Waals surface area contributed by atoms with Gasteiger partial charge >= 0.3 is 0 Å². The lowest BCUT2D eigenvalue weighted by molar-refractivity contribution is 1.16. The normalized spacial score (nSPS) is 15.7. The van der Waals surface area contributed by atoms with Crippen LogP contribution < -0.4 is 11.5 Å². The minimum atomic E-state index is 0.420. The summed E-state index contributed by atoms with van der Waals surface area (Å²) in [6.45, 7) is 0. The third-order valence-electron chi connectivity index (χ3n) is 2.35. The Kier molecular flexibility index (Phi) is 1.72. The molecule has 0 heterocycles. The zero-order valence-electron chi connectivity index (χ0n) is 7.38. The summed E-state index contributed by atoms with van der Waals surface area (Å²) < 4.78 is 0. The fraction of sp³-hybridized carbons (Fsp3) is 0.300. The zero-order valence-corrected chi connectivity index (χ0v) is 7.38. The lowest BCUT2D eigenvalue weighted by atomic mass is 10.0. The number of nitrogens with one attached hydrogen (secondary N) is 1. The quantitative estimate of drug-likeness (QED) is 0.472. The highest BCUT2D eigenvalue weighted by Gasteiger charge is 2.28. The average Bonchev–Trinajstić information content (AvgIpc) is 2.91. The lowest BCUT2D eigenvalue weighted by Crippen LogP contribution is -2.06. The van der Waals surface area contributed by atoms with E-state index in [1.165, 1.54) is 0 Å². The summed E-state index contributed by atoms with van der Waals surface area (Å²) in [4.78, 5) is 0. The van der Waals surface area contributed by atoms with E-state index < -0.39 is 0 Å². The third kappa shape index (κ3) is 1.49. The van der Waals surface area contributed by atoms with Crippen LogP contribution in [0.2, 0.25) is 0 Å². The van der Waals surface area contributed by atoms with Crippen molar-refractivity contribution in [1.29, 1.82) is 5.41 Å². The molecule has 0 radical (unpaired) electrons. The van der Waals surface area contributed by atoms with Gasteiger partial charge in [0.2, 0.25) is 0 Å². The van der Waals surface area contributed by atoms with Crippen molar-refractivity contribution in [3.05, 3.63) is 23.8 Å². The Balaban J connectivity index is 2.37. The topological polar surface area (TPSA) is 75.9 Å². The van der Waals surface area contributed by atoms with E-state index in [0.717, 1.165) is 18.4 Å². The van der Waals surface area contributed by atoms with Crippen LogP contribution in [-0.4, -0.2) is 5.71 Å². The van der Waals surface area contributed by atoms with E-state index in [-0.39, 0.29) is 0 Å². The summed E-state index contributed by atoms with van der Waals surface area (Å²) >= 11 is 0. The van der Waals surface area contributed by atoms with E-state index in [4.69, 9.17) is 16.9 Å².